The molecule has 0 fully saturated rings. The van der Waals surface area contributed by atoms with Crippen molar-refractivity contribution < 1.29 is 4.79 Å². The Bertz CT molecular complexity index is 390. The van der Waals surface area contributed by atoms with E-state index in [-0.39, 0.29) is 0 Å². The van der Waals surface area contributed by atoms with Crippen LogP contribution in [0.4, 0.5) is 0 Å². The number of nitriles is 1. The number of benzene rings is 1. The van der Waals surface area contributed by atoms with E-state index in [0.29, 0.717) is 22.4 Å². The summed E-state index contributed by atoms with van der Waals surface area (Å²) in [6.45, 7) is 0. The van der Waals surface area contributed by atoms with Gasteiger partial charge in [-0.2, -0.15) is 5.26 Å². The van der Waals surface area contributed by atoms with E-state index in [1.807, 2.05) is 6.07 Å². The van der Waals surface area contributed by atoms with Crippen LogP contribution in [0.1, 0.15) is 15.9 Å². The number of carbonyl (C=O) groups excluding carboxylic acids is 1. The fourth-order valence-electron chi connectivity index (χ4n) is 0.950. The highest BCUT2D eigenvalue weighted by atomic mass is 35.5. The fourth-order valence-corrected chi connectivity index (χ4v) is 1.18. The number of halogens is 1. The minimum atomic E-state index is 0.398. The van der Waals surface area contributed by atoms with Gasteiger partial charge in [0, 0.05) is 11.6 Å². The van der Waals surface area contributed by atoms with Crippen molar-refractivity contribution in [3.63, 3.8) is 0 Å². The number of rotatable bonds is 2. The Kier molecular flexibility index (Phi) is 3.24. The van der Waals surface area contributed by atoms with Crippen molar-refractivity contribution in [2.75, 3.05) is 0 Å². The first-order valence-corrected chi connectivity index (χ1v) is 3.97. The van der Waals surface area contributed by atoms with Crippen LogP contribution in [0, 0.1) is 11.3 Å². The van der Waals surface area contributed by atoms with Crippen LogP contribution in [0.3, 0.4) is 0 Å². The maximum Gasteiger partial charge on any atom is 0.152 e. The second kappa shape index (κ2) is 4.44. The van der Waals surface area contributed by atoms with Crippen LogP contribution in [0.25, 0.3) is 6.08 Å². The zero-order valence-electron chi connectivity index (χ0n) is 6.70. The average molecular weight is 192 g/mol. The molecule has 0 bridgehead atoms. The van der Waals surface area contributed by atoms with Crippen LogP contribution >= 0.6 is 11.6 Å². The van der Waals surface area contributed by atoms with Gasteiger partial charge in [-0.25, -0.2) is 0 Å². The van der Waals surface area contributed by atoms with Crippen molar-refractivity contribution >= 4 is 24.0 Å². The zero-order chi connectivity index (χ0) is 9.68. The van der Waals surface area contributed by atoms with Crippen molar-refractivity contribution in [2.45, 2.75) is 0 Å². The second-order valence-corrected chi connectivity index (χ2v) is 2.73. The molecule has 0 unspecified atom stereocenters. The molecule has 2 nitrogen and oxygen atoms in total. The summed E-state index contributed by atoms with van der Waals surface area (Å²) in [5.74, 6) is 0. The summed E-state index contributed by atoms with van der Waals surface area (Å²) in [5, 5.41) is 8.70. The van der Waals surface area contributed by atoms with Crippen LogP contribution in [-0.2, 0) is 0 Å². The molecule has 64 valence electrons. The summed E-state index contributed by atoms with van der Waals surface area (Å²) in [6.07, 6.45) is 3.54. The van der Waals surface area contributed by atoms with E-state index in [1.54, 1.807) is 24.3 Å². The normalized spacial score (nSPS) is 9.85. The lowest BCUT2D eigenvalue weighted by Crippen LogP contribution is -1.86. The highest BCUT2D eigenvalue weighted by molar-refractivity contribution is 6.33. The Morgan fingerprint density at radius 2 is 2.23 bits per heavy atom. The molecule has 0 aliphatic rings. The first-order chi connectivity index (χ1) is 6.29. The summed E-state index contributed by atoms with van der Waals surface area (Å²) >= 11 is 5.76. The van der Waals surface area contributed by atoms with Gasteiger partial charge in [-0.05, 0) is 17.7 Å². The Hall–Kier alpha value is -1.59. The quantitative estimate of drug-likeness (QED) is 0.533. The lowest BCUT2D eigenvalue weighted by Gasteiger charge is -1.99. The van der Waals surface area contributed by atoms with Gasteiger partial charge in [0.1, 0.15) is 0 Å². The number of carbonyl (C=O) groups is 1. The third-order valence-corrected chi connectivity index (χ3v) is 1.87. The minimum absolute atomic E-state index is 0.398. The van der Waals surface area contributed by atoms with Crippen molar-refractivity contribution in [3.05, 3.63) is 40.4 Å². The molecule has 0 heterocycles. The van der Waals surface area contributed by atoms with Gasteiger partial charge in [0.05, 0.1) is 11.1 Å². The molecule has 1 aromatic carbocycles. The van der Waals surface area contributed by atoms with Gasteiger partial charge in [0.25, 0.3) is 0 Å². The van der Waals surface area contributed by atoms with Crippen LogP contribution in [-0.4, -0.2) is 6.29 Å². The molecule has 0 aliphatic carbocycles. The topological polar surface area (TPSA) is 40.9 Å². The molecular formula is C10H6ClNO. The van der Waals surface area contributed by atoms with E-state index in [4.69, 9.17) is 16.9 Å². The number of nitrogens with zero attached hydrogens (tertiary/aromatic N) is 1. The largest absolute Gasteiger partial charge is 0.298 e. The van der Waals surface area contributed by atoms with Crippen molar-refractivity contribution in [1.82, 2.24) is 0 Å². The van der Waals surface area contributed by atoms with Crippen molar-refractivity contribution in [1.29, 1.82) is 5.26 Å². The van der Waals surface area contributed by atoms with E-state index in [0.717, 1.165) is 0 Å². The van der Waals surface area contributed by atoms with Gasteiger partial charge in [0.15, 0.2) is 6.29 Å². The third kappa shape index (κ3) is 2.17. The maximum atomic E-state index is 10.6. The van der Waals surface area contributed by atoms with Crippen molar-refractivity contribution in [2.24, 2.45) is 0 Å². The molecule has 0 saturated heterocycles. The molecule has 0 atom stereocenters. The lowest BCUT2D eigenvalue weighted by atomic mass is 10.1. The molecule has 0 amide bonds. The molecule has 0 aromatic heterocycles. The summed E-state index contributed by atoms with van der Waals surface area (Å²) in [6, 6.07) is 6.94. The van der Waals surface area contributed by atoms with E-state index >= 15 is 0 Å². The van der Waals surface area contributed by atoms with Crippen LogP contribution in [0.5, 0.6) is 0 Å². The molecule has 1 rings (SSSR count). The molecule has 3 heteroatoms. The zero-order valence-corrected chi connectivity index (χ0v) is 7.45. The van der Waals surface area contributed by atoms with Crippen molar-refractivity contribution in [3.8, 4) is 6.07 Å². The highest BCUT2D eigenvalue weighted by Gasteiger charge is 2.01. The molecule has 0 spiro atoms. The smallest absolute Gasteiger partial charge is 0.152 e. The van der Waals surface area contributed by atoms with E-state index in [1.165, 1.54) is 6.08 Å². The minimum Gasteiger partial charge on any atom is -0.298 e. The SMILES string of the molecule is N#CC=Cc1cccc(Cl)c1C=O. The van der Waals surface area contributed by atoms with Gasteiger partial charge in [-0.15, -0.1) is 0 Å². The van der Waals surface area contributed by atoms with E-state index < -0.39 is 0 Å². The predicted molar refractivity (Wildman–Crippen MR) is 51.5 cm³/mol. The molecule has 0 radical (unpaired) electrons. The molecular weight excluding hydrogens is 186 g/mol. The van der Waals surface area contributed by atoms with E-state index in [2.05, 4.69) is 0 Å². The van der Waals surface area contributed by atoms with Crippen LogP contribution in [0.15, 0.2) is 24.3 Å². The monoisotopic (exact) mass is 191 g/mol. The summed E-state index contributed by atoms with van der Waals surface area (Å²) < 4.78 is 0. The van der Waals surface area contributed by atoms with Crippen LogP contribution in [0.2, 0.25) is 5.02 Å². The lowest BCUT2D eigenvalue weighted by molar-refractivity contribution is 0.112. The van der Waals surface area contributed by atoms with Gasteiger partial charge in [-0.1, -0.05) is 23.7 Å². The van der Waals surface area contributed by atoms with Gasteiger partial charge in [0.2, 0.25) is 0 Å². The number of aldehydes is 1. The highest BCUT2D eigenvalue weighted by Crippen LogP contribution is 2.18. The molecule has 0 aliphatic heterocycles. The Morgan fingerprint density at radius 3 is 2.85 bits per heavy atom. The summed E-state index contributed by atoms with van der Waals surface area (Å²) in [5.41, 5.74) is 1.07. The maximum absolute atomic E-state index is 10.6. The number of hydrogen-bond donors (Lipinski definition) is 0. The molecule has 1 aromatic rings. The second-order valence-electron chi connectivity index (χ2n) is 2.32. The average Bonchev–Trinajstić information content (AvgIpc) is 2.15. The first-order valence-electron chi connectivity index (χ1n) is 3.59. The van der Waals surface area contributed by atoms with E-state index in [9.17, 15) is 4.79 Å². The van der Waals surface area contributed by atoms with Gasteiger partial charge in [-0.3, -0.25) is 4.79 Å². The Labute approximate surface area is 81.1 Å². The van der Waals surface area contributed by atoms with Gasteiger partial charge >= 0.3 is 0 Å². The van der Waals surface area contributed by atoms with Crippen LogP contribution < -0.4 is 0 Å². The number of allylic oxidation sites excluding steroid dienone is 1. The fraction of sp³-hybridized carbons (Fsp3) is 0. The Balaban J connectivity index is 3.22. The number of hydrogen-bond acceptors (Lipinski definition) is 2. The Morgan fingerprint density at radius 1 is 1.46 bits per heavy atom. The standard InChI is InChI=1S/C10H6ClNO/c11-10-5-1-3-8(4-2-6-12)9(10)7-13/h1-5,7H. The van der Waals surface area contributed by atoms with Gasteiger partial charge < -0.3 is 0 Å². The first kappa shape index (κ1) is 9.50. The summed E-state index contributed by atoms with van der Waals surface area (Å²) in [7, 11) is 0. The molecule has 0 N–H and O–H groups in total. The predicted octanol–water partition coefficient (Wildman–Crippen LogP) is 2.69. The molecule has 13 heavy (non-hydrogen) atoms. The third-order valence-electron chi connectivity index (χ3n) is 1.54. The molecule has 0 saturated carbocycles. The summed E-state index contributed by atoms with van der Waals surface area (Å²) in [4.78, 5) is 10.6.